The van der Waals surface area contributed by atoms with Crippen LogP contribution in [0.3, 0.4) is 0 Å². The standard InChI is InChI=1S/C38H70O5Si4/c1-10-12-31-44(3,4)41-46(7,8)43-47(9,42-45(5,6)32-13-11-2)33-21-19-17-15-14-16-18-20-22-38(34-23-27-36(39)28-24-34)35-25-29-37(40)30-26-35/h23-30,38-40H,10-22,31-33H2,1-9H3. The Kier molecular flexibility index (Phi) is 18.3. The summed E-state index contributed by atoms with van der Waals surface area (Å²) in [5, 5.41) is 19.5. The monoisotopic (exact) mass is 718 g/mol. The van der Waals surface area contributed by atoms with Crippen LogP contribution in [0, 0.1) is 0 Å². The van der Waals surface area contributed by atoms with Crippen molar-refractivity contribution >= 4 is 33.8 Å². The number of aromatic hydroxyl groups is 2. The Hall–Kier alpha value is -1.21. The summed E-state index contributed by atoms with van der Waals surface area (Å²) >= 11 is 0. The minimum absolute atomic E-state index is 0.275. The summed E-state index contributed by atoms with van der Waals surface area (Å²) in [6.07, 6.45) is 15.9. The molecule has 0 aliphatic heterocycles. The van der Waals surface area contributed by atoms with Crippen molar-refractivity contribution in [1.29, 1.82) is 0 Å². The molecule has 0 amide bonds. The Morgan fingerprint density at radius 1 is 0.489 bits per heavy atom. The topological polar surface area (TPSA) is 68.2 Å². The van der Waals surface area contributed by atoms with Gasteiger partial charge in [-0.25, -0.2) is 0 Å². The lowest BCUT2D eigenvalue weighted by atomic mass is 9.86. The van der Waals surface area contributed by atoms with E-state index in [0.29, 0.717) is 11.5 Å². The molecule has 0 fully saturated rings. The molecule has 0 heterocycles. The van der Waals surface area contributed by atoms with E-state index in [1.54, 1.807) is 24.3 Å². The van der Waals surface area contributed by atoms with Gasteiger partial charge in [0.25, 0.3) is 0 Å². The zero-order chi connectivity index (χ0) is 35.0. The van der Waals surface area contributed by atoms with Crippen molar-refractivity contribution in [2.24, 2.45) is 0 Å². The van der Waals surface area contributed by atoms with E-state index in [0.717, 1.165) is 12.5 Å². The highest BCUT2D eigenvalue weighted by molar-refractivity contribution is 6.89. The summed E-state index contributed by atoms with van der Waals surface area (Å²) < 4.78 is 21.1. The molecule has 0 aromatic heterocycles. The first-order valence-electron chi connectivity index (χ1n) is 18.8. The molecule has 2 aromatic rings. The Bertz CT molecular complexity index is 1080. The summed E-state index contributed by atoms with van der Waals surface area (Å²) in [6, 6.07) is 18.7. The second-order valence-electron chi connectivity index (χ2n) is 15.7. The fraction of sp³-hybridized carbons (Fsp3) is 0.684. The second-order valence-corrected chi connectivity index (χ2v) is 31.7. The predicted octanol–water partition coefficient (Wildman–Crippen LogP) is 12.6. The minimum atomic E-state index is -2.37. The van der Waals surface area contributed by atoms with E-state index < -0.39 is 33.8 Å². The Labute approximate surface area is 293 Å². The highest BCUT2D eigenvalue weighted by Crippen LogP contribution is 2.33. The SMILES string of the molecule is CCCC[Si](C)(C)O[Si](C)(C)O[Si](C)(CCCCCCCCCCC(c1ccc(O)cc1)c1ccc(O)cc1)O[Si](C)(C)CCCC. The molecule has 9 heteroatoms. The average molecular weight is 719 g/mol. The Morgan fingerprint density at radius 2 is 0.894 bits per heavy atom. The van der Waals surface area contributed by atoms with Crippen LogP contribution in [0.5, 0.6) is 11.5 Å². The summed E-state index contributed by atoms with van der Waals surface area (Å²) in [7, 11) is -8.22. The van der Waals surface area contributed by atoms with Gasteiger partial charge in [-0.3, -0.25) is 0 Å². The van der Waals surface area contributed by atoms with E-state index in [-0.39, 0.29) is 5.92 Å². The van der Waals surface area contributed by atoms with E-state index in [1.807, 2.05) is 24.3 Å². The largest absolute Gasteiger partial charge is 0.508 e. The van der Waals surface area contributed by atoms with Gasteiger partial charge in [-0.05, 0) is 106 Å². The maximum Gasteiger partial charge on any atom is 0.315 e. The quantitative estimate of drug-likeness (QED) is 0.0790. The normalized spacial score (nSPS) is 14.1. The molecule has 0 spiro atoms. The molecule has 0 aliphatic rings. The molecule has 1 unspecified atom stereocenters. The lowest BCUT2D eigenvalue weighted by Gasteiger charge is -2.42. The third kappa shape index (κ3) is 17.3. The van der Waals surface area contributed by atoms with Crippen LogP contribution >= 0.6 is 0 Å². The summed E-state index contributed by atoms with van der Waals surface area (Å²) in [5.74, 6) is 0.870. The lowest BCUT2D eigenvalue weighted by molar-refractivity contribution is 0.318. The summed E-state index contributed by atoms with van der Waals surface area (Å²) in [6.45, 7) is 20.9. The molecule has 47 heavy (non-hydrogen) atoms. The smallest absolute Gasteiger partial charge is 0.315 e. The number of rotatable bonds is 25. The first-order chi connectivity index (χ1) is 22.1. The molecule has 0 saturated heterocycles. The van der Waals surface area contributed by atoms with Crippen LogP contribution in [-0.4, -0.2) is 44.0 Å². The number of phenolic OH excluding ortho intramolecular Hbond substituents is 2. The first kappa shape index (κ1) is 42.0. The highest BCUT2D eigenvalue weighted by atomic mass is 28.5. The van der Waals surface area contributed by atoms with Gasteiger partial charge in [-0.2, -0.15) is 0 Å². The third-order valence-electron chi connectivity index (χ3n) is 9.21. The van der Waals surface area contributed by atoms with E-state index in [2.05, 4.69) is 59.7 Å². The van der Waals surface area contributed by atoms with Crippen LogP contribution in [-0.2, 0) is 12.3 Å². The number of hydrogen-bond donors (Lipinski definition) is 2. The zero-order valence-corrected chi connectivity index (χ0v) is 35.6. The van der Waals surface area contributed by atoms with Crippen molar-refractivity contribution in [1.82, 2.24) is 0 Å². The van der Waals surface area contributed by atoms with Gasteiger partial charge in [0.1, 0.15) is 11.5 Å². The second kappa shape index (κ2) is 20.5. The van der Waals surface area contributed by atoms with Gasteiger partial charge in [0.15, 0.2) is 16.6 Å². The fourth-order valence-corrected chi connectivity index (χ4v) is 27.2. The Balaban J connectivity index is 1.82. The van der Waals surface area contributed by atoms with E-state index in [1.165, 1.54) is 100 Å². The van der Waals surface area contributed by atoms with Crippen LogP contribution in [0.25, 0.3) is 0 Å². The molecule has 5 nitrogen and oxygen atoms in total. The Morgan fingerprint density at radius 3 is 1.34 bits per heavy atom. The lowest BCUT2D eigenvalue weighted by Crippen LogP contribution is -2.57. The highest BCUT2D eigenvalue weighted by Gasteiger charge is 2.45. The number of benzene rings is 2. The van der Waals surface area contributed by atoms with Crippen LogP contribution in [0.1, 0.15) is 114 Å². The van der Waals surface area contributed by atoms with Crippen LogP contribution < -0.4 is 0 Å². The summed E-state index contributed by atoms with van der Waals surface area (Å²) in [4.78, 5) is 0. The summed E-state index contributed by atoms with van der Waals surface area (Å²) in [5.41, 5.74) is 2.43. The maximum atomic E-state index is 9.77. The number of unbranched alkanes of at least 4 members (excludes halogenated alkanes) is 9. The molecule has 0 saturated carbocycles. The molecule has 2 N–H and O–H groups in total. The van der Waals surface area contributed by atoms with Crippen LogP contribution in [0.4, 0.5) is 0 Å². The molecule has 0 aliphatic carbocycles. The third-order valence-corrected chi connectivity index (χ3v) is 25.4. The van der Waals surface area contributed by atoms with Gasteiger partial charge in [0, 0.05) is 5.92 Å². The molecule has 0 radical (unpaired) electrons. The van der Waals surface area contributed by atoms with Crippen molar-refractivity contribution in [2.45, 2.75) is 167 Å². The van der Waals surface area contributed by atoms with Crippen molar-refractivity contribution < 1.29 is 22.6 Å². The number of hydrogen-bond acceptors (Lipinski definition) is 5. The molecule has 2 rings (SSSR count). The molecular weight excluding hydrogens is 649 g/mol. The molecule has 268 valence electrons. The van der Waals surface area contributed by atoms with Crippen molar-refractivity contribution in [2.75, 3.05) is 0 Å². The van der Waals surface area contributed by atoms with Crippen LogP contribution in [0.15, 0.2) is 48.5 Å². The average Bonchev–Trinajstić information content (AvgIpc) is 2.98. The van der Waals surface area contributed by atoms with Gasteiger partial charge in [-0.15, -0.1) is 0 Å². The van der Waals surface area contributed by atoms with E-state index in [9.17, 15) is 10.2 Å². The number of phenols is 2. The van der Waals surface area contributed by atoms with Gasteiger partial charge < -0.3 is 22.6 Å². The van der Waals surface area contributed by atoms with Gasteiger partial charge in [0.2, 0.25) is 0 Å². The van der Waals surface area contributed by atoms with E-state index >= 15 is 0 Å². The molecule has 1 atom stereocenters. The predicted molar refractivity (Wildman–Crippen MR) is 211 cm³/mol. The van der Waals surface area contributed by atoms with Gasteiger partial charge >= 0.3 is 17.1 Å². The van der Waals surface area contributed by atoms with E-state index in [4.69, 9.17) is 12.3 Å². The maximum absolute atomic E-state index is 9.77. The molecule has 2 aromatic carbocycles. The zero-order valence-electron chi connectivity index (χ0n) is 31.6. The van der Waals surface area contributed by atoms with Crippen molar-refractivity contribution in [3.63, 3.8) is 0 Å². The minimum Gasteiger partial charge on any atom is -0.508 e. The van der Waals surface area contributed by atoms with Crippen LogP contribution in [0.2, 0.25) is 64.0 Å². The van der Waals surface area contributed by atoms with Crippen molar-refractivity contribution in [3.05, 3.63) is 59.7 Å². The van der Waals surface area contributed by atoms with Crippen molar-refractivity contribution in [3.8, 4) is 11.5 Å². The molecular formula is C38H70O5Si4. The first-order valence-corrected chi connectivity index (χ1v) is 30.3. The molecule has 0 bridgehead atoms. The van der Waals surface area contributed by atoms with Gasteiger partial charge in [-0.1, -0.05) is 115 Å². The fourth-order valence-electron chi connectivity index (χ4n) is 7.01. The van der Waals surface area contributed by atoms with Gasteiger partial charge in [0.05, 0.1) is 0 Å².